The summed E-state index contributed by atoms with van der Waals surface area (Å²) in [5, 5.41) is 21.7. The van der Waals surface area contributed by atoms with Gasteiger partial charge in [-0.05, 0) is 60.0 Å². The summed E-state index contributed by atoms with van der Waals surface area (Å²) in [6.07, 6.45) is -9.98. The summed E-state index contributed by atoms with van der Waals surface area (Å²) < 4.78 is 78.8. The van der Waals surface area contributed by atoms with Gasteiger partial charge in [0.2, 0.25) is 0 Å². The molecule has 3 rings (SSSR count). The number of para-hydroxylation sites is 1. The van der Waals surface area contributed by atoms with Crippen molar-refractivity contribution < 1.29 is 46.1 Å². The number of halogens is 6. The lowest BCUT2D eigenvalue weighted by Crippen LogP contribution is -2.13. The van der Waals surface area contributed by atoms with Crippen LogP contribution in [-0.2, 0) is 18.9 Å². The Morgan fingerprint density at radius 3 is 1.74 bits per heavy atom. The molecule has 0 unspecified atom stereocenters. The van der Waals surface area contributed by atoms with E-state index in [1.54, 1.807) is 12.1 Å². The summed E-state index contributed by atoms with van der Waals surface area (Å²) in [5.74, 6) is -2.72. The average molecular weight is 497 g/mol. The molecule has 11 heteroatoms. The van der Waals surface area contributed by atoms with E-state index in [4.69, 9.17) is 0 Å². The number of benzene rings is 3. The summed E-state index contributed by atoms with van der Waals surface area (Å²) in [7, 11) is 0. The van der Waals surface area contributed by atoms with Crippen LogP contribution in [0.4, 0.5) is 32.0 Å². The third kappa shape index (κ3) is 5.73. The van der Waals surface area contributed by atoms with Crippen LogP contribution < -0.4 is 5.32 Å². The number of nitrogens with one attached hydrogen (secondary N) is 1. The van der Waals surface area contributed by atoms with Crippen LogP contribution in [0.15, 0.2) is 54.6 Å². The van der Waals surface area contributed by atoms with Gasteiger partial charge in [0, 0.05) is 17.8 Å². The van der Waals surface area contributed by atoms with Crippen molar-refractivity contribution in [2.24, 2.45) is 0 Å². The monoisotopic (exact) mass is 497 g/mol. The van der Waals surface area contributed by atoms with E-state index in [1.807, 2.05) is 0 Å². The second-order valence-corrected chi connectivity index (χ2v) is 7.62. The second kappa shape index (κ2) is 9.32. The molecule has 0 aromatic heterocycles. The summed E-state index contributed by atoms with van der Waals surface area (Å²) in [4.78, 5) is 23.2. The van der Waals surface area contributed by atoms with E-state index >= 15 is 0 Å². The zero-order valence-electron chi connectivity index (χ0n) is 17.9. The number of carboxylic acids is 2. The third-order valence-electron chi connectivity index (χ3n) is 5.24. The molecule has 3 aromatic carbocycles. The van der Waals surface area contributed by atoms with Crippen LogP contribution in [0.5, 0.6) is 0 Å². The Morgan fingerprint density at radius 2 is 1.29 bits per heavy atom. The Labute approximate surface area is 194 Å². The minimum atomic E-state index is -4.99. The first kappa shape index (κ1) is 25.6. The first-order chi connectivity index (χ1) is 16.2. The molecule has 0 atom stereocenters. The highest BCUT2D eigenvalue weighted by atomic mass is 19.4. The van der Waals surface area contributed by atoms with Crippen LogP contribution in [0, 0.1) is 6.92 Å². The van der Waals surface area contributed by atoms with Crippen LogP contribution in [0.25, 0.3) is 11.1 Å². The Morgan fingerprint density at radius 1 is 0.800 bits per heavy atom. The van der Waals surface area contributed by atoms with Crippen molar-refractivity contribution in [1.29, 1.82) is 0 Å². The maximum absolute atomic E-state index is 13.1. The molecule has 0 fully saturated rings. The van der Waals surface area contributed by atoms with E-state index in [9.17, 15) is 46.1 Å². The number of aromatic carboxylic acids is 2. The van der Waals surface area contributed by atoms with Gasteiger partial charge in [0.25, 0.3) is 0 Å². The van der Waals surface area contributed by atoms with Crippen molar-refractivity contribution in [1.82, 2.24) is 0 Å². The number of hydrogen-bond acceptors (Lipinski definition) is 3. The summed E-state index contributed by atoms with van der Waals surface area (Å²) in [6, 6.07) is 9.82. The van der Waals surface area contributed by atoms with Gasteiger partial charge in [0.15, 0.2) is 0 Å². The molecule has 184 valence electrons. The molecule has 0 aliphatic carbocycles. The molecule has 3 aromatic rings. The van der Waals surface area contributed by atoms with Gasteiger partial charge >= 0.3 is 24.3 Å². The van der Waals surface area contributed by atoms with Gasteiger partial charge in [-0.3, -0.25) is 0 Å². The number of carbonyl (C=O) groups is 2. The number of rotatable bonds is 6. The molecular formula is C24H17F6NO4. The third-order valence-corrected chi connectivity index (χ3v) is 5.24. The van der Waals surface area contributed by atoms with Gasteiger partial charge < -0.3 is 15.5 Å². The summed E-state index contributed by atoms with van der Waals surface area (Å²) >= 11 is 0. The lowest BCUT2D eigenvalue weighted by Gasteiger charge is -2.17. The molecule has 0 saturated carbocycles. The van der Waals surface area contributed by atoms with Gasteiger partial charge in [-0.25, -0.2) is 9.59 Å². The van der Waals surface area contributed by atoms with Gasteiger partial charge in [-0.2, -0.15) is 26.3 Å². The maximum Gasteiger partial charge on any atom is 0.416 e. The zero-order chi connectivity index (χ0) is 26.1. The molecule has 0 amide bonds. The highest BCUT2D eigenvalue weighted by Gasteiger charge is 2.36. The van der Waals surface area contributed by atoms with Crippen molar-refractivity contribution in [3.8, 4) is 11.1 Å². The number of carboxylic acid groups (broad SMARTS) is 2. The fraction of sp³-hybridized carbons (Fsp3) is 0.167. The topological polar surface area (TPSA) is 86.6 Å². The predicted octanol–water partition coefficient (Wildman–Crippen LogP) is 6.71. The Balaban J connectivity index is 2.04. The first-order valence-electron chi connectivity index (χ1n) is 9.91. The molecule has 5 nitrogen and oxygen atoms in total. The van der Waals surface area contributed by atoms with Gasteiger partial charge in [-0.15, -0.1) is 0 Å². The molecule has 0 bridgehead atoms. The lowest BCUT2D eigenvalue weighted by molar-refractivity contribution is -0.143. The Hall–Kier alpha value is -4.02. The van der Waals surface area contributed by atoms with Crippen molar-refractivity contribution in [3.63, 3.8) is 0 Å². The van der Waals surface area contributed by atoms with Crippen LogP contribution in [-0.4, -0.2) is 22.2 Å². The molecule has 0 aliphatic heterocycles. The standard InChI is InChI=1S/C24H17F6NO4/c1-12-18(21(32)33)8-14(9-19(12)22(34)35)17-4-2-3-5-20(17)31-11-13-6-15(23(25,26)27)10-16(7-13)24(28,29)30/h2-10,31H,11H2,1H3,(H,32,33)(H,34,35). The minimum absolute atomic E-state index is 0.0304. The van der Waals surface area contributed by atoms with Gasteiger partial charge in [0.1, 0.15) is 0 Å². The molecule has 0 spiro atoms. The Kier molecular flexibility index (Phi) is 6.82. The fourth-order valence-electron chi connectivity index (χ4n) is 3.52. The van der Waals surface area contributed by atoms with Crippen LogP contribution in [0.2, 0.25) is 0 Å². The maximum atomic E-state index is 13.1. The highest BCUT2D eigenvalue weighted by Crippen LogP contribution is 2.37. The van der Waals surface area contributed by atoms with E-state index in [2.05, 4.69) is 5.32 Å². The average Bonchev–Trinajstić information content (AvgIpc) is 2.76. The van der Waals surface area contributed by atoms with Crippen molar-refractivity contribution in [3.05, 3.63) is 88.0 Å². The largest absolute Gasteiger partial charge is 0.478 e. The quantitative estimate of drug-likeness (QED) is 0.330. The van der Waals surface area contributed by atoms with E-state index in [0.29, 0.717) is 17.7 Å². The van der Waals surface area contributed by atoms with Gasteiger partial charge in [0.05, 0.1) is 22.3 Å². The lowest BCUT2D eigenvalue weighted by atomic mass is 9.94. The van der Waals surface area contributed by atoms with E-state index in [0.717, 1.165) is 0 Å². The summed E-state index contributed by atoms with van der Waals surface area (Å²) in [6.45, 7) is 0.917. The van der Waals surface area contributed by atoms with Crippen LogP contribution >= 0.6 is 0 Å². The van der Waals surface area contributed by atoms with Crippen LogP contribution in [0.1, 0.15) is 43.0 Å². The smallest absolute Gasteiger partial charge is 0.416 e. The summed E-state index contributed by atoms with van der Waals surface area (Å²) in [5.41, 5.74) is -2.94. The molecule has 3 N–H and O–H groups in total. The molecule has 0 aliphatic rings. The van der Waals surface area contributed by atoms with Crippen LogP contribution in [0.3, 0.4) is 0 Å². The highest BCUT2D eigenvalue weighted by molar-refractivity contribution is 5.99. The SMILES string of the molecule is Cc1c(C(=O)O)cc(-c2ccccc2NCc2cc(C(F)(F)F)cc(C(F)(F)F)c2)cc1C(=O)O. The van der Waals surface area contributed by atoms with E-state index in [-0.39, 0.29) is 39.6 Å². The Bertz CT molecular complexity index is 1230. The van der Waals surface area contributed by atoms with Gasteiger partial charge in [-0.1, -0.05) is 18.2 Å². The van der Waals surface area contributed by atoms with E-state index in [1.165, 1.54) is 31.2 Å². The van der Waals surface area contributed by atoms with Crippen molar-refractivity contribution in [2.75, 3.05) is 5.32 Å². The molecule has 35 heavy (non-hydrogen) atoms. The second-order valence-electron chi connectivity index (χ2n) is 7.62. The van der Waals surface area contributed by atoms with Crippen molar-refractivity contribution >= 4 is 17.6 Å². The zero-order valence-corrected chi connectivity index (χ0v) is 17.9. The first-order valence-corrected chi connectivity index (χ1v) is 9.91. The number of alkyl halides is 6. The van der Waals surface area contributed by atoms with Crippen molar-refractivity contribution in [2.45, 2.75) is 25.8 Å². The normalized spacial score (nSPS) is 11.9. The molecule has 0 radical (unpaired) electrons. The molecular weight excluding hydrogens is 480 g/mol. The fourth-order valence-corrected chi connectivity index (χ4v) is 3.52. The minimum Gasteiger partial charge on any atom is -0.478 e. The number of anilines is 1. The number of hydrogen-bond donors (Lipinski definition) is 3. The predicted molar refractivity (Wildman–Crippen MR) is 114 cm³/mol. The molecule has 0 heterocycles. The van der Waals surface area contributed by atoms with E-state index < -0.39 is 42.0 Å². The molecule has 0 saturated heterocycles.